The van der Waals surface area contributed by atoms with Crippen LogP contribution in [0.1, 0.15) is 12.8 Å². The Hall–Kier alpha value is -2.52. The van der Waals surface area contributed by atoms with E-state index in [2.05, 4.69) is 15.7 Å². The molecule has 1 aromatic carbocycles. The molecule has 2 aromatic rings. The number of carbonyl (C=O) groups is 1. The molecule has 0 aliphatic carbocycles. The van der Waals surface area contributed by atoms with Crippen LogP contribution in [-0.4, -0.2) is 47.5 Å². The fourth-order valence-corrected chi connectivity index (χ4v) is 4.02. The van der Waals surface area contributed by atoms with Gasteiger partial charge in [0.25, 0.3) is 0 Å². The fraction of sp³-hybridized carbons (Fsp3) is 0.400. The minimum Gasteiger partial charge on any atom is -0.350 e. The number of anilines is 1. The molecular weight excluding hydrogens is 419 g/mol. The minimum absolute atomic E-state index is 0.0261. The van der Waals surface area contributed by atoms with Crippen molar-refractivity contribution >= 4 is 34.1 Å². The molecule has 2 aliphatic rings. The highest BCUT2D eigenvalue weighted by molar-refractivity contribution is 6.34. The van der Waals surface area contributed by atoms with Crippen molar-refractivity contribution in [1.82, 2.24) is 20.4 Å². The minimum atomic E-state index is -4.50. The lowest BCUT2D eigenvalue weighted by molar-refractivity contribution is -0.122. The number of hydrogen-bond acceptors (Lipinski definition) is 4. The number of halogens is 4. The van der Waals surface area contributed by atoms with Crippen LogP contribution in [0.4, 0.5) is 18.9 Å². The third kappa shape index (κ3) is 4.46. The van der Waals surface area contributed by atoms with Crippen molar-refractivity contribution in [2.75, 3.05) is 24.5 Å². The quantitative estimate of drug-likeness (QED) is 0.766. The van der Waals surface area contributed by atoms with Crippen molar-refractivity contribution in [1.29, 1.82) is 0 Å². The van der Waals surface area contributed by atoms with Crippen molar-refractivity contribution in [3.05, 3.63) is 47.3 Å². The first kappa shape index (κ1) is 20.7. The molecule has 1 aromatic heterocycles. The van der Waals surface area contributed by atoms with E-state index in [0.29, 0.717) is 10.9 Å². The highest BCUT2D eigenvalue weighted by Gasteiger charge is 2.39. The Balaban J connectivity index is 1.55. The van der Waals surface area contributed by atoms with E-state index in [4.69, 9.17) is 11.6 Å². The van der Waals surface area contributed by atoms with Gasteiger partial charge in [-0.15, -0.1) is 0 Å². The predicted octanol–water partition coefficient (Wildman–Crippen LogP) is 3.38. The van der Waals surface area contributed by atoms with E-state index in [0.717, 1.165) is 36.9 Å². The van der Waals surface area contributed by atoms with Crippen LogP contribution in [0.15, 0.2) is 42.3 Å². The Kier molecular flexibility index (Phi) is 5.75. The molecule has 0 unspecified atom stereocenters. The molecule has 1 atom stereocenters. The SMILES string of the molecule is O=C(Cn1cc2cc(N3CC=CC=C3C(F)(F)F)c(Cl)cc2n1)N[C@@H]1CCCNC1. The van der Waals surface area contributed by atoms with Crippen LogP contribution in [0.25, 0.3) is 10.9 Å². The second-order valence-electron chi connectivity index (χ2n) is 7.39. The van der Waals surface area contributed by atoms with Crippen LogP contribution >= 0.6 is 11.6 Å². The van der Waals surface area contributed by atoms with E-state index >= 15 is 0 Å². The summed E-state index contributed by atoms with van der Waals surface area (Å²) in [6.45, 7) is 1.78. The molecular formula is C20H21ClF3N5O. The Labute approximate surface area is 176 Å². The largest absolute Gasteiger partial charge is 0.431 e. The number of carbonyl (C=O) groups excluding carboxylic acids is 1. The second kappa shape index (κ2) is 8.31. The van der Waals surface area contributed by atoms with E-state index in [1.165, 1.54) is 16.8 Å². The number of alkyl halides is 3. The highest BCUT2D eigenvalue weighted by Crippen LogP contribution is 2.38. The van der Waals surface area contributed by atoms with Crippen molar-refractivity contribution in [2.24, 2.45) is 0 Å². The molecule has 0 bridgehead atoms. The maximum atomic E-state index is 13.4. The summed E-state index contributed by atoms with van der Waals surface area (Å²) in [5.41, 5.74) is -0.0190. The first-order valence-corrected chi connectivity index (χ1v) is 10.1. The van der Waals surface area contributed by atoms with Crippen LogP contribution in [0.2, 0.25) is 5.02 Å². The van der Waals surface area contributed by atoms with Crippen molar-refractivity contribution in [3.63, 3.8) is 0 Å². The summed E-state index contributed by atoms with van der Waals surface area (Å²) in [5.74, 6) is -0.161. The molecule has 10 heteroatoms. The zero-order valence-electron chi connectivity index (χ0n) is 16.0. The van der Waals surface area contributed by atoms with Crippen LogP contribution < -0.4 is 15.5 Å². The maximum absolute atomic E-state index is 13.4. The molecule has 0 radical (unpaired) electrons. The summed E-state index contributed by atoms with van der Waals surface area (Å²) in [6, 6.07) is 3.19. The van der Waals surface area contributed by atoms with Crippen LogP contribution in [-0.2, 0) is 11.3 Å². The van der Waals surface area contributed by atoms with Gasteiger partial charge in [-0.2, -0.15) is 18.3 Å². The highest BCUT2D eigenvalue weighted by atomic mass is 35.5. The summed E-state index contributed by atoms with van der Waals surface area (Å²) >= 11 is 6.30. The first-order chi connectivity index (χ1) is 14.3. The fourth-order valence-electron chi connectivity index (χ4n) is 3.76. The number of nitrogens with one attached hydrogen (secondary N) is 2. The Morgan fingerprint density at radius 2 is 2.20 bits per heavy atom. The van der Waals surface area contributed by atoms with Gasteiger partial charge >= 0.3 is 6.18 Å². The molecule has 2 N–H and O–H groups in total. The van der Waals surface area contributed by atoms with Gasteiger partial charge in [-0.25, -0.2) is 0 Å². The molecule has 1 amide bonds. The van der Waals surface area contributed by atoms with Gasteiger partial charge in [-0.1, -0.05) is 23.8 Å². The predicted molar refractivity (Wildman–Crippen MR) is 109 cm³/mol. The number of fused-ring (bicyclic) bond motifs is 1. The lowest BCUT2D eigenvalue weighted by atomic mass is 10.1. The average molecular weight is 440 g/mol. The van der Waals surface area contributed by atoms with Gasteiger partial charge < -0.3 is 15.5 Å². The normalized spacial score (nSPS) is 19.8. The maximum Gasteiger partial charge on any atom is 0.431 e. The van der Waals surface area contributed by atoms with Crippen molar-refractivity contribution in [2.45, 2.75) is 31.6 Å². The molecule has 0 saturated carbocycles. The van der Waals surface area contributed by atoms with Crippen LogP contribution in [0.5, 0.6) is 0 Å². The van der Waals surface area contributed by atoms with Gasteiger partial charge in [0.05, 0.1) is 16.2 Å². The third-order valence-corrected chi connectivity index (χ3v) is 5.44. The smallest absolute Gasteiger partial charge is 0.350 e. The second-order valence-corrected chi connectivity index (χ2v) is 7.80. The molecule has 160 valence electrons. The monoisotopic (exact) mass is 439 g/mol. The number of hydrogen-bond donors (Lipinski definition) is 2. The van der Waals surface area contributed by atoms with Crippen molar-refractivity contribution in [3.8, 4) is 0 Å². The number of amides is 1. The summed E-state index contributed by atoms with van der Waals surface area (Å²) in [4.78, 5) is 13.4. The van der Waals surface area contributed by atoms with Gasteiger partial charge in [0, 0.05) is 30.7 Å². The molecule has 1 fully saturated rings. The molecule has 2 aliphatic heterocycles. The zero-order valence-corrected chi connectivity index (χ0v) is 16.8. The van der Waals surface area contributed by atoms with E-state index in [-0.39, 0.29) is 35.7 Å². The van der Waals surface area contributed by atoms with Crippen LogP contribution in [0.3, 0.4) is 0 Å². The number of aromatic nitrogens is 2. The van der Waals surface area contributed by atoms with Gasteiger partial charge in [0.1, 0.15) is 12.2 Å². The molecule has 30 heavy (non-hydrogen) atoms. The zero-order chi connectivity index (χ0) is 21.3. The van der Waals surface area contributed by atoms with Gasteiger partial charge in [-0.05, 0) is 37.6 Å². The number of benzene rings is 1. The number of allylic oxidation sites excluding steroid dienone is 3. The average Bonchev–Trinajstić information content (AvgIpc) is 3.08. The number of nitrogens with zero attached hydrogens (tertiary/aromatic N) is 3. The molecule has 4 rings (SSSR count). The number of piperidine rings is 1. The van der Waals surface area contributed by atoms with Gasteiger partial charge in [0.15, 0.2) is 0 Å². The lowest BCUT2D eigenvalue weighted by Crippen LogP contribution is -2.46. The standard InChI is InChI=1S/C20H21ClF3N5O/c21-15-9-16-13(8-17(15)29-7-2-1-5-18(29)20(22,23)24)11-28(27-16)12-19(30)26-14-4-3-6-25-10-14/h1-2,5,8-9,11,14,25H,3-4,6-7,10,12H2,(H,26,30)/t14-/m1/s1. The molecule has 6 nitrogen and oxygen atoms in total. The lowest BCUT2D eigenvalue weighted by Gasteiger charge is -2.30. The van der Waals surface area contributed by atoms with E-state index in [1.54, 1.807) is 18.3 Å². The Morgan fingerprint density at radius 1 is 1.37 bits per heavy atom. The number of rotatable bonds is 4. The third-order valence-electron chi connectivity index (χ3n) is 5.14. The van der Waals surface area contributed by atoms with Crippen molar-refractivity contribution < 1.29 is 18.0 Å². The molecule has 0 spiro atoms. The van der Waals surface area contributed by atoms with Crippen LogP contribution in [0, 0.1) is 0 Å². The first-order valence-electron chi connectivity index (χ1n) is 9.69. The Morgan fingerprint density at radius 3 is 2.93 bits per heavy atom. The summed E-state index contributed by atoms with van der Waals surface area (Å²) in [6.07, 6.45) is 3.12. The molecule has 1 saturated heterocycles. The van der Waals surface area contributed by atoms with Gasteiger partial charge in [-0.3, -0.25) is 9.48 Å². The Bertz CT molecular complexity index is 1010. The topological polar surface area (TPSA) is 62.2 Å². The van der Waals surface area contributed by atoms with E-state index in [1.807, 2.05) is 0 Å². The summed E-state index contributed by atoms with van der Waals surface area (Å²) < 4.78 is 41.7. The summed E-state index contributed by atoms with van der Waals surface area (Å²) in [5, 5.41) is 11.3. The summed E-state index contributed by atoms with van der Waals surface area (Å²) in [7, 11) is 0. The van der Waals surface area contributed by atoms with E-state index in [9.17, 15) is 18.0 Å². The molecule has 3 heterocycles. The van der Waals surface area contributed by atoms with E-state index < -0.39 is 11.9 Å². The van der Waals surface area contributed by atoms with Gasteiger partial charge in [0.2, 0.25) is 5.91 Å².